The van der Waals surface area contributed by atoms with E-state index < -0.39 is 10.0 Å². The molecular formula is C26H26N2O4S. The molecule has 2 aliphatic rings. The van der Waals surface area contributed by atoms with Gasteiger partial charge in [0.1, 0.15) is 10.6 Å². The van der Waals surface area contributed by atoms with Crippen LogP contribution in [0.1, 0.15) is 24.0 Å². The molecule has 5 rings (SSSR count). The minimum absolute atomic E-state index is 0.121. The number of hydrogen-bond acceptors (Lipinski definition) is 5. The first-order valence-corrected chi connectivity index (χ1v) is 12.5. The Hall–Kier alpha value is -3.00. The number of ether oxygens (including phenoxy) is 1. The minimum Gasteiger partial charge on any atom is -0.508 e. The van der Waals surface area contributed by atoms with E-state index in [9.17, 15) is 13.5 Å². The minimum atomic E-state index is -3.92. The second kappa shape index (κ2) is 9.09. The van der Waals surface area contributed by atoms with Gasteiger partial charge in [-0.05, 0) is 42.5 Å². The van der Waals surface area contributed by atoms with Gasteiger partial charge >= 0.3 is 0 Å². The number of phenols is 1. The number of para-hydroxylation sites is 1. The Kier molecular flexibility index (Phi) is 6.01. The number of aromatic hydroxyl groups is 1. The van der Waals surface area contributed by atoms with Gasteiger partial charge in [0.05, 0.1) is 18.7 Å². The summed E-state index contributed by atoms with van der Waals surface area (Å²) in [5.41, 5.74) is 1.83. The number of hydrogen-bond donors (Lipinski definition) is 1. The van der Waals surface area contributed by atoms with Crippen molar-refractivity contribution in [3.8, 4) is 5.75 Å². The standard InChI is InChI=1S/C26H26N2O4S/c29-24-12-4-10-21-16-28(22(17-32-18-23(21)24)15-19-7-2-1-3-8-19)33(30,31)25-13-5-9-20-11-6-14-27-26(20)25/h1-7,9-14,19,22,29H,8,15-18H2. The van der Waals surface area contributed by atoms with Gasteiger partial charge in [-0.1, -0.05) is 54.6 Å². The molecule has 1 aliphatic carbocycles. The van der Waals surface area contributed by atoms with Crippen molar-refractivity contribution in [1.82, 2.24) is 9.29 Å². The van der Waals surface area contributed by atoms with Crippen LogP contribution >= 0.6 is 0 Å². The monoisotopic (exact) mass is 462 g/mol. The molecule has 2 heterocycles. The number of sulfonamides is 1. The molecule has 1 N–H and O–H groups in total. The maximum absolute atomic E-state index is 14.1. The molecule has 2 atom stereocenters. The fourth-order valence-corrected chi connectivity index (χ4v) is 6.41. The molecule has 0 fully saturated rings. The molecular weight excluding hydrogens is 436 g/mol. The van der Waals surface area contributed by atoms with Gasteiger partial charge in [0.15, 0.2) is 0 Å². The number of pyridine rings is 1. The SMILES string of the molecule is O=S(=O)(c1cccc2cccnc12)N1Cc2cccc(O)c2COCC1CC1C=CC=CC1. The topological polar surface area (TPSA) is 79.7 Å². The van der Waals surface area contributed by atoms with Crippen LogP contribution in [0.4, 0.5) is 0 Å². The average molecular weight is 463 g/mol. The average Bonchev–Trinajstić information content (AvgIpc) is 2.82. The highest BCUT2D eigenvalue weighted by atomic mass is 32.2. The highest BCUT2D eigenvalue weighted by Gasteiger charge is 2.36. The van der Waals surface area contributed by atoms with Gasteiger partial charge in [-0.3, -0.25) is 4.98 Å². The van der Waals surface area contributed by atoms with Crippen molar-refractivity contribution < 1.29 is 18.3 Å². The summed E-state index contributed by atoms with van der Waals surface area (Å²) < 4.78 is 35.8. The summed E-state index contributed by atoms with van der Waals surface area (Å²) in [6.45, 7) is 0.664. The molecule has 0 spiro atoms. The Labute approximate surface area is 193 Å². The first kappa shape index (κ1) is 21.8. The molecule has 0 amide bonds. The van der Waals surface area contributed by atoms with Crippen LogP contribution < -0.4 is 0 Å². The smallest absolute Gasteiger partial charge is 0.245 e. The molecule has 1 aromatic heterocycles. The molecule has 2 aromatic carbocycles. The maximum Gasteiger partial charge on any atom is 0.245 e. The normalized spacial score (nSPS) is 21.5. The summed E-state index contributed by atoms with van der Waals surface area (Å²) in [7, 11) is -3.92. The summed E-state index contributed by atoms with van der Waals surface area (Å²) in [5, 5.41) is 11.1. The van der Waals surface area contributed by atoms with Crippen LogP contribution in [0, 0.1) is 5.92 Å². The number of phenolic OH excluding ortho intramolecular Hbond substituents is 1. The second-order valence-corrected chi connectivity index (χ2v) is 10.4. The molecule has 0 saturated carbocycles. The number of allylic oxidation sites excluding steroid dienone is 4. The lowest BCUT2D eigenvalue weighted by atomic mass is 9.93. The summed E-state index contributed by atoms with van der Waals surface area (Å²) in [4.78, 5) is 4.57. The van der Waals surface area contributed by atoms with Gasteiger partial charge in [0.2, 0.25) is 10.0 Å². The van der Waals surface area contributed by atoms with Crippen LogP contribution in [-0.2, 0) is 27.9 Å². The number of aromatic nitrogens is 1. The summed E-state index contributed by atoms with van der Waals surface area (Å²) >= 11 is 0. The van der Waals surface area contributed by atoms with E-state index in [4.69, 9.17) is 4.74 Å². The zero-order valence-corrected chi connectivity index (χ0v) is 19.0. The zero-order chi connectivity index (χ0) is 22.8. The number of benzene rings is 2. The lowest BCUT2D eigenvalue weighted by molar-refractivity contribution is 0.0593. The third kappa shape index (κ3) is 4.31. The van der Waals surface area contributed by atoms with Crippen molar-refractivity contribution >= 4 is 20.9 Å². The first-order chi connectivity index (χ1) is 16.0. The Morgan fingerprint density at radius 2 is 1.94 bits per heavy atom. The largest absolute Gasteiger partial charge is 0.508 e. The predicted octanol–water partition coefficient (Wildman–Crippen LogP) is 4.55. The molecule has 6 nitrogen and oxygen atoms in total. The van der Waals surface area contributed by atoms with E-state index >= 15 is 0 Å². The van der Waals surface area contributed by atoms with Crippen LogP contribution in [0.25, 0.3) is 10.9 Å². The molecule has 7 heteroatoms. The van der Waals surface area contributed by atoms with E-state index in [0.29, 0.717) is 17.5 Å². The van der Waals surface area contributed by atoms with Crippen LogP contribution in [0.15, 0.2) is 83.9 Å². The van der Waals surface area contributed by atoms with Crippen LogP contribution in [0.3, 0.4) is 0 Å². The zero-order valence-electron chi connectivity index (χ0n) is 18.2. The van der Waals surface area contributed by atoms with Crippen LogP contribution in [0.5, 0.6) is 5.75 Å². The van der Waals surface area contributed by atoms with E-state index in [0.717, 1.165) is 17.4 Å². The van der Waals surface area contributed by atoms with Gasteiger partial charge in [-0.2, -0.15) is 4.31 Å². The fourth-order valence-electron chi connectivity index (χ4n) is 4.65. The molecule has 33 heavy (non-hydrogen) atoms. The molecule has 170 valence electrons. The number of nitrogens with zero attached hydrogens (tertiary/aromatic N) is 2. The highest BCUT2D eigenvalue weighted by Crippen LogP contribution is 2.33. The van der Waals surface area contributed by atoms with Gasteiger partial charge in [0.25, 0.3) is 0 Å². The maximum atomic E-state index is 14.1. The lowest BCUT2D eigenvalue weighted by Gasteiger charge is -2.35. The van der Waals surface area contributed by atoms with Gasteiger partial charge in [-0.25, -0.2) is 8.42 Å². The van der Waals surface area contributed by atoms with Crippen molar-refractivity contribution in [1.29, 1.82) is 0 Å². The molecule has 1 aliphatic heterocycles. The third-order valence-corrected chi connectivity index (χ3v) is 8.29. The van der Waals surface area contributed by atoms with Crippen LogP contribution in [0.2, 0.25) is 0 Å². The van der Waals surface area contributed by atoms with Crippen LogP contribution in [-0.4, -0.2) is 35.5 Å². The first-order valence-electron chi connectivity index (χ1n) is 11.1. The fraction of sp³-hybridized carbons (Fsp3) is 0.269. The van der Waals surface area contributed by atoms with Crippen molar-refractivity contribution in [3.63, 3.8) is 0 Å². The van der Waals surface area contributed by atoms with Crippen molar-refractivity contribution in [2.24, 2.45) is 5.92 Å². The van der Waals surface area contributed by atoms with E-state index in [2.05, 4.69) is 17.1 Å². The van der Waals surface area contributed by atoms with Crippen molar-refractivity contribution in [3.05, 3.63) is 90.2 Å². The van der Waals surface area contributed by atoms with Gasteiger partial charge < -0.3 is 9.84 Å². The molecule has 2 unspecified atom stereocenters. The highest BCUT2D eigenvalue weighted by molar-refractivity contribution is 7.89. The quantitative estimate of drug-likeness (QED) is 0.615. The Morgan fingerprint density at radius 3 is 2.79 bits per heavy atom. The third-order valence-electron chi connectivity index (χ3n) is 6.36. The molecule has 0 radical (unpaired) electrons. The number of fused-ring (bicyclic) bond motifs is 2. The summed E-state index contributed by atoms with van der Waals surface area (Å²) in [5.74, 6) is 0.352. The van der Waals surface area contributed by atoms with Gasteiger partial charge in [-0.15, -0.1) is 0 Å². The lowest BCUT2D eigenvalue weighted by Crippen LogP contribution is -2.44. The summed E-state index contributed by atoms with van der Waals surface area (Å²) in [6.07, 6.45) is 11.4. The molecule has 3 aromatic rings. The second-order valence-electron chi connectivity index (χ2n) is 8.51. The van der Waals surface area contributed by atoms with Gasteiger partial charge in [0, 0.05) is 29.7 Å². The van der Waals surface area contributed by atoms with E-state index in [1.165, 1.54) is 0 Å². The van der Waals surface area contributed by atoms with E-state index in [1.54, 1.807) is 40.8 Å². The molecule has 0 saturated heterocycles. The Bertz CT molecular complexity index is 1330. The van der Waals surface area contributed by atoms with Crippen molar-refractivity contribution in [2.75, 3.05) is 6.61 Å². The van der Waals surface area contributed by atoms with E-state index in [-0.39, 0.29) is 42.4 Å². The van der Waals surface area contributed by atoms with E-state index in [1.807, 2.05) is 30.4 Å². The predicted molar refractivity (Wildman–Crippen MR) is 127 cm³/mol. The summed E-state index contributed by atoms with van der Waals surface area (Å²) in [6, 6.07) is 13.7. The Morgan fingerprint density at radius 1 is 1.09 bits per heavy atom. The van der Waals surface area contributed by atoms with Crippen molar-refractivity contribution in [2.45, 2.75) is 36.9 Å². The molecule has 0 bridgehead atoms. The number of rotatable bonds is 4. The Balaban J connectivity index is 1.61.